The second-order valence-electron chi connectivity index (χ2n) is 5.73. The number of hydrogen-bond acceptors (Lipinski definition) is 5. The summed E-state index contributed by atoms with van der Waals surface area (Å²) in [7, 11) is 0.0581. The third-order valence-corrected chi connectivity index (χ3v) is 5.93. The van der Waals surface area contributed by atoms with Crippen LogP contribution in [0.15, 0.2) is 10.1 Å². The van der Waals surface area contributed by atoms with Gasteiger partial charge in [0.25, 0.3) is 0 Å². The first-order valence-corrected chi connectivity index (χ1v) is 10.1. The van der Waals surface area contributed by atoms with Crippen LogP contribution in [0.4, 0.5) is 4.79 Å². The number of hydrogen-bond donors (Lipinski definition) is 0. The van der Waals surface area contributed by atoms with Crippen LogP contribution >= 0.6 is 11.8 Å². The SMILES string of the molecule is CC1=NC(C)(C)SC1=NOC(=O)N(C)[Si](C)(C)C. The molecule has 0 aliphatic carbocycles. The zero-order chi connectivity index (χ0) is 14.1. The summed E-state index contributed by atoms with van der Waals surface area (Å²) in [6.45, 7) is 12.1. The normalized spacial score (nSPS) is 20.8. The summed E-state index contributed by atoms with van der Waals surface area (Å²) in [5.41, 5.74) is 0.813. The van der Waals surface area contributed by atoms with Crippen LogP contribution in [0, 0.1) is 0 Å². The predicted octanol–water partition coefficient (Wildman–Crippen LogP) is 3.15. The molecule has 0 radical (unpaired) electrons. The molecule has 1 amide bonds. The fourth-order valence-corrected chi connectivity index (χ4v) is 2.80. The number of oxime groups is 1. The van der Waals surface area contributed by atoms with Crippen LogP contribution in [0.5, 0.6) is 0 Å². The summed E-state index contributed by atoms with van der Waals surface area (Å²) < 4.78 is 1.65. The van der Waals surface area contributed by atoms with E-state index in [0.29, 0.717) is 5.04 Å². The van der Waals surface area contributed by atoms with Gasteiger partial charge >= 0.3 is 6.09 Å². The molecule has 0 spiro atoms. The molecule has 0 fully saturated rings. The van der Waals surface area contributed by atoms with Gasteiger partial charge in [-0.15, -0.1) is 0 Å². The van der Waals surface area contributed by atoms with Crippen LogP contribution in [0.2, 0.25) is 19.6 Å². The molecule has 0 unspecified atom stereocenters. The lowest BCUT2D eigenvalue weighted by molar-refractivity contribution is 0.133. The van der Waals surface area contributed by atoms with Crippen molar-refractivity contribution in [2.45, 2.75) is 45.3 Å². The minimum atomic E-state index is -1.69. The van der Waals surface area contributed by atoms with Crippen molar-refractivity contribution in [1.29, 1.82) is 0 Å². The summed E-state index contributed by atoms with van der Waals surface area (Å²) in [5, 5.41) is 4.59. The first-order chi connectivity index (χ1) is 8.03. The monoisotopic (exact) mass is 287 g/mol. The van der Waals surface area contributed by atoms with E-state index in [4.69, 9.17) is 4.84 Å². The van der Waals surface area contributed by atoms with Gasteiger partial charge < -0.3 is 4.57 Å². The maximum atomic E-state index is 11.8. The van der Waals surface area contributed by atoms with Crippen molar-refractivity contribution in [2.75, 3.05) is 7.05 Å². The zero-order valence-electron chi connectivity index (χ0n) is 12.1. The Labute approximate surface area is 114 Å². The van der Waals surface area contributed by atoms with Crippen LogP contribution in [-0.4, -0.2) is 41.6 Å². The van der Waals surface area contributed by atoms with Gasteiger partial charge in [0, 0.05) is 7.05 Å². The summed E-state index contributed by atoms with van der Waals surface area (Å²) >= 11 is 1.50. The molecule has 1 rings (SSSR count). The smallest absolute Gasteiger partial charge is 0.337 e. The Kier molecular flexibility index (Phi) is 4.27. The van der Waals surface area contributed by atoms with Crippen LogP contribution in [-0.2, 0) is 4.84 Å². The molecule has 1 heterocycles. The van der Waals surface area contributed by atoms with Crippen molar-refractivity contribution < 1.29 is 9.63 Å². The minimum absolute atomic E-state index is 0.222. The highest BCUT2D eigenvalue weighted by atomic mass is 32.2. The lowest BCUT2D eigenvalue weighted by atomic mass is 10.4. The van der Waals surface area contributed by atoms with Gasteiger partial charge in [0.05, 0.1) is 5.71 Å². The summed E-state index contributed by atoms with van der Waals surface area (Å²) in [6, 6.07) is 0. The standard InChI is InChI=1S/C11H21N3O2SSi/c1-8-9(17-11(2,3)12-8)13-16-10(15)14(4)18(5,6)7/h1-7H3. The summed E-state index contributed by atoms with van der Waals surface area (Å²) in [6.07, 6.45) is -0.403. The van der Waals surface area contributed by atoms with E-state index < -0.39 is 14.3 Å². The molecule has 1 aliphatic rings. The van der Waals surface area contributed by atoms with Crippen molar-refractivity contribution in [3.63, 3.8) is 0 Å². The predicted molar refractivity (Wildman–Crippen MR) is 79.8 cm³/mol. The molecule has 0 bridgehead atoms. The second kappa shape index (κ2) is 5.04. The Hall–Kier alpha value is -0.823. The van der Waals surface area contributed by atoms with Crippen LogP contribution in [0.1, 0.15) is 20.8 Å². The second-order valence-corrected chi connectivity index (χ2v) is 12.3. The number of carbonyl (C=O) groups excluding carboxylic acids is 1. The van der Waals surface area contributed by atoms with Gasteiger partial charge in [-0.3, -0.25) is 9.83 Å². The molecule has 0 aromatic rings. The molecule has 0 saturated heterocycles. The first kappa shape index (κ1) is 15.2. The topological polar surface area (TPSA) is 54.3 Å². The average Bonchev–Trinajstić information content (AvgIpc) is 2.45. The van der Waals surface area contributed by atoms with E-state index in [0.717, 1.165) is 5.71 Å². The van der Waals surface area contributed by atoms with E-state index in [9.17, 15) is 4.79 Å². The molecular weight excluding hydrogens is 266 g/mol. The van der Waals surface area contributed by atoms with Crippen molar-refractivity contribution in [2.24, 2.45) is 10.1 Å². The highest BCUT2D eigenvalue weighted by Crippen LogP contribution is 2.33. The molecule has 102 valence electrons. The lowest BCUT2D eigenvalue weighted by Crippen LogP contribution is -2.46. The van der Waals surface area contributed by atoms with Crippen LogP contribution in [0.25, 0.3) is 0 Å². The van der Waals surface area contributed by atoms with Crippen molar-refractivity contribution >= 4 is 36.8 Å². The van der Waals surface area contributed by atoms with Gasteiger partial charge in [0.1, 0.15) is 4.87 Å². The average molecular weight is 287 g/mol. The molecule has 0 aromatic carbocycles. The number of amides is 1. The largest absolute Gasteiger partial charge is 0.427 e. The molecule has 18 heavy (non-hydrogen) atoms. The van der Waals surface area contributed by atoms with Gasteiger partial charge in [-0.05, 0) is 20.8 Å². The minimum Gasteiger partial charge on any atom is -0.337 e. The maximum Gasteiger partial charge on any atom is 0.427 e. The molecule has 0 N–H and O–H groups in total. The van der Waals surface area contributed by atoms with Crippen molar-refractivity contribution in [3.05, 3.63) is 0 Å². The number of aliphatic imine (C=N–C) groups is 1. The van der Waals surface area contributed by atoms with Crippen molar-refractivity contribution in [3.8, 4) is 0 Å². The Morgan fingerprint density at radius 2 is 2.00 bits per heavy atom. The van der Waals surface area contributed by atoms with Gasteiger partial charge in [-0.1, -0.05) is 36.6 Å². The van der Waals surface area contributed by atoms with Gasteiger partial charge in [0.2, 0.25) is 0 Å². The van der Waals surface area contributed by atoms with E-state index in [-0.39, 0.29) is 4.87 Å². The Morgan fingerprint density at radius 3 is 2.39 bits per heavy atom. The Balaban J connectivity index is 2.67. The molecule has 0 atom stereocenters. The van der Waals surface area contributed by atoms with Gasteiger partial charge in [0.15, 0.2) is 13.3 Å². The first-order valence-electron chi connectivity index (χ1n) is 5.81. The highest BCUT2D eigenvalue weighted by molar-refractivity contribution is 8.17. The molecule has 0 saturated carbocycles. The molecule has 5 nitrogen and oxygen atoms in total. The van der Waals surface area contributed by atoms with E-state index in [1.807, 2.05) is 20.8 Å². The molecular formula is C11H21N3O2SSi. The molecule has 0 aromatic heterocycles. The lowest BCUT2D eigenvalue weighted by Gasteiger charge is -2.27. The Morgan fingerprint density at radius 1 is 1.44 bits per heavy atom. The van der Waals surface area contributed by atoms with E-state index >= 15 is 0 Å². The fraction of sp³-hybridized carbons (Fsp3) is 0.727. The number of carbonyl (C=O) groups is 1. The van der Waals surface area contributed by atoms with E-state index in [1.165, 1.54) is 11.8 Å². The summed E-state index contributed by atoms with van der Waals surface area (Å²) in [4.78, 5) is 21.0. The van der Waals surface area contributed by atoms with Crippen LogP contribution in [0.3, 0.4) is 0 Å². The number of nitrogens with zero attached hydrogens (tertiary/aromatic N) is 3. The number of rotatable bonds is 2. The van der Waals surface area contributed by atoms with Gasteiger partial charge in [-0.25, -0.2) is 4.79 Å². The highest BCUT2D eigenvalue weighted by Gasteiger charge is 2.31. The third kappa shape index (κ3) is 3.84. The zero-order valence-corrected chi connectivity index (χ0v) is 13.9. The van der Waals surface area contributed by atoms with Crippen LogP contribution < -0.4 is 0 Å². The summed E-state index contributed by atoms with van der Waals surface area (Å²) in [5.74, 6) is 0. The van der Waals surface area contributed by atoms with Crippen molar-refractivity contribution in [1.82, 2.24) is 4.57 Å². The Bertz CT molecular complexity index is 413. The van der Waals surface area contributed by atoms with Gasteiger partial charge in [-0.2, -0.15) is 0 Å². The van der Waals surface area contributed by atoms with E-state index in [1.54, 1.807) is 11.6 Å². The molecule has 7 heteroatoms. The number of thioether (sulfide) groups is 1. The fourth-order valence-electron chi connectivity index (χ4n) is 1.29. The van der Waals surface area contributed by atoms with E-state index in [2.05, 4.69) is 29.8 Å². The quantitative estimate of drug-likeness (QED) is 0.445. The third-order valence-electron chi connectivity index (χ3n) is 2.58. The molecule has 1 aliphatic heterocycles. The maximum absolute atomic E-state index is 11.8.